The van der Waals surface area contributed by atoms with Gasteiger partial charge in [0.15, 0.2) is 5.82 Å². The molecule has 2 aromatic carbocycles. The van der Waals surface area contributed by atoms with Crippen molar-refractivity contribution in [1.29, 1.82) is 0 Å². The number of nitrogen functional groups attached to an aromatic ring is 1. The second-order valence-corrected chi connectivity index (χ2v) is 5.12. The Bertz CT molecular complexity index is 812. The largest absolute Gasteiger partial charge is 0.382 e. The van der Waals surface area contributed by atoms with Crippen LogP contribution in [-0.2, 0) is 6.54 Å². The zero-order chi connectivity index (χ0) is 14.8. The molecule has 0 saturated heterocycles. The summed E-state index contributed by atoms with van der Waals surface area (Å²) in [6.07, 6.45) is 0. The molecule has 0 aliphatic heterocycles. The Balaban J connectivity index is 1.76. The zero-order valence-electron chi connectivity index (χ0n) is 11.1. The summed E-state index contributed by atoms with van der Waals surface area (Å²) in [5.41, 5.74) is 8.03. The highest BCUT2D eigenvalue weighted by Gasteiger charge is 2.09. The van der Waals surface area contributed by atoms with Gasteiger partial charge in [0, 0.05) is 22.5 Å². The van der Waals surface area contributed by atoms with E-state index < -0.39 is 0 Å². The van der Waals surface area contributed by atoms with E-state index in [9.17, 15) is 4.79 Å². The zero-order valence-corrected chi connectivity index (χ0v) is 11.8. The van der Waals surface area contributed by atoms with Gasteiger partial charge < -0.3 is 11.1 Å². The summed E-state index contributed by atoms with van der Waals surface area (Å²) < 4.78 is 0. The van der Waals surface area contributed by atoms with Gasteiger partial charge in [-0.25, -0.2) is 0 Å². The Labute approximate surface area is 126 Å². The van der Waals surface area contributed by atoms with Crippen LogP contribution in [0.1, 0.15) is 15.9 Å². The molecule has 0 atom stereocenters. The van der Waals surface area contributed by atoms with Gasteiger partial charge in [0.2, 0.25) is 0 Å². The summed E-state index contributed by atoms with van der Waals surface area (Å²) in [7, 11) is 0. The van der Waals surface area contributed by atoms with Gasteiger partial charge in [0.1, 0.15) is 0 Å². The number of carbonyl (C=O) groups excluding carboxylic acids is 1. The van der Waals surface area contributed by atoms with Crippen molar-refractivity contribution in [2.45, 2.75) is 6.54 Å². The number of benzene rings is 2. The van der Waals surface area contributed by atoms with Gasteiger partial charge in [0.25, 0.3) is 5.91 Å². The number of aromatic amines is 1. The second-order valence-electron chi connectivity index (χ2n) is 4.68. The fraction of sp³-hybridized carbons (Fsp3) is 0.0667. The van der Waals surface area contributed by atoms with Gasteiger partial charge in [-0.3, -0.25) is 9.89 Å². The minimum atomic E-state index is -0.169. The second kappa shape index (κ2) is 5.46. The van der Waals surface area contributed by atoms with Gasteiger partial charge >= 0.3 is 0 Å². The topological polar surface area (TPSA) is 83.8 Å². The van der Waals surface area contributed by atoms with E-state index in [0.29, 0.717) is 22.9 Å². The van der Waals surface area contributed by atoms with Crippen molar-refractivity contribution < 1.29 is 4.79 Å². The van der Waals surface area contributed by atoms with Crippen LogP contribution in [0.2, 0.25) is 5.02 Å². The molecule has 0 aliphatic carbocycles. The maximum Gasteiger partial charge on any atom is 0.251 e. The van der Waals surface area contributed by atoms with Gasteiger partial charge in [-0.05, 0) is 35.9 Å². The van der Waals surface area contributed by atoms with Gasteiger partial charge in [-0.15, -0.1) is 0 Å². The van der Waals surface area contributed by atoms with Crippen molar-refractivity contribution >= 4 is 34.2 Å². The lowest BCUT2D eigenvalue weighted by Crippen LogP contribution is -2.22. The Kier molecular flexibility index (Phi) is 3.50. The maximum atomic E-state index is 12.2. The van der Waals surface area contributed by atoms with Crippen molar-refractivity contribution in [3.63, 3.8) is 0 Å². The van der Waals surface area contributed by atoms with E-state index in [0.717, 1.165) is 16.5 Å². The fourth-order valence-electron chi connectivity index (χ4n) is 2.11. The number of hydrogen-bond donors (Lipinski definition) is 3. The molecule has 3 rings (SSSR count). The van der Waals surface area contributed by atoms with E-state index in [2.05, 4.69) is 15.5 Å². The van der Waals surface area contributed by atoms with Crippen LogP contribution in [0.25, 0.3) is 10.9 Å². The minimum absolute atomic E-state index is 0.169. The van der Waals surface area contributed by atoms with Crippen LogP contribution in [0, 0.1) is 0 Å². The number of aromatic nitrogens is 2. The van der Waals surface area contributed by atoms with Crippen LogP contribution in [0.5, 0.6) is 0 Å². The summed E-state index contributed by atoms with van der Waals surface area (Å²) in [5.74, 6) is 0.215. The number of nitrogens with two attached hydrogens (primary N) is 1. The Hall–Kier alpha value is -2.53. The van der Waals surface area contributed by atoms with Crippen molar-refractivity contribution in [3.8, 4) is 0 Å². The summed E-state index contributed by atoms with van der Waals surface area (Å²) in [6, 6.07) is 12.6. The SMILES string of the molecule is Nc1n[nH]c2ccc(C(=O)NCc3cccc(Cl)c3)cc12. The molecule has 1 amide bonds. The van der Waals surface area contributed by atoms with E-state index in [-0.39, 0.29) is 5.91 Å². The molecular weight excluding hydrogens is 288 g/mol. The average Bonchev–Trinajstić information content (AvgIpc) is 2.86. The third-order valence-corrected chi connectivity index (χ3v) is 3.43. The summed E-state index contributed by atoms with van der Waals surface area (Å²) in [5, 5.41) is 10.9. The standard InChI is InChI=1S/C15H13ClN4O/c16-11-3-1-2-9(6-11)8-18-15(21)10-4-5-13-12(7-10)14(17)20-19-13/h1-7H,8H2,(H,18,21)(H3,17,19,20). The van der Waals surface area contributed by atoms with Gasteiger partial charge in [-0.2, -0.15) is 5.10 Å². The predicted octanol–water partition coefficient (Wildman–Crippen LogP) is 2.73. The first-order valence-electron chi connectivity index (χ1n) is 6.40. The number of fused-ring (bicyclic) bond motifs is 1. The molecule has 0 bridgehead atoms. The lowest BCUT2D eigenvalue weighted by atomic mass is 10.1. The molecule has 0 spiro atoms. The molecule has 4 N–H and O–H groups in total. The molecule has 106 valence electrons. The van der Waals surface area contributed by atoms with Gasteiger partial charge in [-0.1, -0.05) is 23.7 Å². The smallest absolute Gasteiger partial charge is 0.251 e. The number of amides is 1. The highest BCUT2D eigenvalue weighted by molar-refractivity contribution is 6.30. The monoisotopic (exact) mass is 300 g/mol. The first-order valence-corrected chi connectivity index (χ1v) is 6.77. The third kappa shape index (κ3) is 2.83. The van der Waals surface area contributed by atoms with E-state index in [1.807, 2.05) is 18.2 Å². The van der Waals surface area contributed by atoms with E-state index >= 15 is 0 Å². The van der Waals surface area contributed by atoms with Crippen molar-refractivity contribution in [3.05, 3.63) is 58.6 Å². The fourth-order valence-corrected chi connectivity index (χ4v) is 2.32. The normalized spacial score (nSPS) is 10.7. The molecular formula is C15H13ClN4O. The van der Waals surface area contributed by atoms with Crippen molar-refractivity contribution in [1.82, 2.24) is 15.5 Å². The molecule has 6 heteroatoms. The van der Waals surface area contributed by atoms with E-state index in [4.69, 9.17) is 17.3 Å². The molecule has 3 aromatic rings. The van der Waals surface area contributed by atoms with Crippen LogP contribution < -0.4 is 11.1 Å². The highest BCUT2D eigenvalue weighted by Crippen LogP contribution is 2.19. The van der Waals surface area contributed by atoms with Crippen LogP contribution in [0.3, 0.4) is 0 Å². The quantitative estimate of drug-likeness (QED) is 0.695. The average molecular weight is 301 g/mol. The highest BCUT2D eigenvalue weighted by atomic mass is 35.5. The number of rotatable bonds is 3. The van der Waals surface area contributed by atoms with Crippen molar-refractivity contribution in [2.75, 3.05) is 5.73 Å². The van der Waals surface area contributed by atoms with Gasteiger partial charge in [0.05, 0.1) is 5.52 Å². The summed E-state index contributed by atoms with van der Waals surface area (Å²) in [4.78, 5) is 12.2. The third-order valence-electron chi connectivity index (χ3n) is 3.20. The van der Waals surface area contributed by atoms with Crippen LogP contribution in [0.4, 0.5) is 5.82 Å². The Morgan fingerprint density at radius 1 is 1.29 bits per heavy atom. The predicted molar refractivity (Wildman–Crippen MR) is 83.1 cm³/mol. The molecule has 1 aromatic heterocycles. The first-order chi connectivity index (χ1) is 10.1. The number of halogens is 1. The number of H-pyrrole nitrogens is 1. The molecule has 1 heterocycles. The molecule has 5 nitrogen and oxygen atoms in total. The molecule has 0 radical (unpaired) electrons. The molecule has 21 heavy (non-hydrogen) atoms. The maximum absolute atomic E-state index is 12.2. The number of carbonyl (C=O) groups is 1. The number of nitrogens with one attached hydrogen (secondary N) is 2. The Morgan fingerprint density at radius 2 is 2.14 bits per heavy atom. The van der Waals surface area contributed by atoms with Crippen LogP contribution >= 0.6 is 11.6 Å². The van der Waals surface area contributed by atoms with E-state index in [1.54, 1.807) is 24.3 Å². The van der Waals surface area contributed by atoms with E-state index in [1.165, 1.54) is 0 Å². The summed E-state index contributed by atoms with van der Waals surface area (Å²) in [6.45, 7) is 0.415. The molecule has 0 aliphatic rings. The molecule has 0 unspecified atom stereocenters. The summed E-state index contributed by atoms with van der Waals surface area (Å²) >= 11 is 5.91. The lowest BCUT2D eigenvalue weighted by Gasteiger charge is -2.06. The molecule has 0 fully saturated rings. The number of anilines is 1. The minimum Gasteiger partial charge on any atom is -0.382 e. The number of nitrogens with zero attached hydrogens (tertiary/aromatic N) is 1. The lowest BCUT2D eigenvalue weighted by molar-refractivity contribution is 0.0951. The van der Waals surface area contributed by atoms with Crippen LogP contribution in [-0.4, -0.2) is 16.1 Å². The van der Waals surface area contributed by atoms with Crippen molar-refractivity contribution in [2.24, 2.45) is 0 Å². The Morgan fingerprint density at radius 3 is 2.95 bits per heavy atom. The first kappa shape index (κ1) is 13.5. The molecule has 0 saturated carbocycles. The van der Waals surface area contributed by atoms with Crippen LogP contribution in [0.15, 0.2) is 42.5 Å². The number of hydrogen-bond acceptors (Lipinski definition) is 3.